The maximum absolute atomic E-state index is 5.97. The van der Waals surface area contributed by atoms with Crippen LogP contribution >= 0.6 is 11.6 Å². The Hall–Kier alpha value is -1.22. The Morgan fingerprint density at radius 2 is 2.00 bits per heavy atom. The van der Waals surface area contributed by atoms with Crippen LogP contribution < -0.4 is 0 Å². The number of hydrogen-bond acceptors (Lipinski definition) is 3. The number of aromatic nitrogens is 2. The molecule has 1 aromatic heterocycles. The van der Waals surface area contributed by atoms with Gasteiger partial charge in [0.2, 0.25) is 0 Å². The normalized spacial score (nSPS) is 16.1. The van der Waals surface area contributed by atoms with Crippen molar-refractivity contribution in [1.29, 1.82) is 0 Å². The molecule has 0 unspecified atom stereocenters. The fourth-order valence-corrected chi connectivity index (χ4v) is 1.67. The fourth-order valence-electron chi connectivity index (χ4n) is 1.36. The lowest BCUT2D eigenvalue weighted by molar-refractivity contribution is 0.961. The summed E-state index contributed by atoms with van der Waals surface area (Å²) in [6.45, 7) is 3.86. The molecule has 0 saturated heterocycles. The van der Waals surface area contributed by atoms with Gasteiger partial charge >= 0.3 is 0 Å². The average molecular weight is 208 g/mol. The third-order valence-corrected chi connectivity index (χ3v) is 2.39. The lowest BCUT2D eigenvalue weighted by Gasteiger charge is -2.00. The summed E-state index contributed by atoms with van der Waals surface area (Å²) in [7, 11) is 0. The maximum Gasteiger partial charge on any atom is 0.134 e. The predicted molar refractivity (Wildman–Crippen MR) is 57.3 cm³/mol. The molecule has 0 aliphatic carbocycles. The number of nitrogens with zero attached hydrogens (tertiary/aromatic N) is 3. The van der Waals surface area contributed by atoms with Crippen molar-refractivity contribution in [3.8, 4) is 0 Å². The minimum atomic E-state index is 0.542. The van der Waals surface area contributed by atoms with E-state index in [9.17, 15) is 0 Å². The van der Waals surface area contributed by atoms with E-state index in [1.54, 1.807) is 0 Å². The molecule has 0 spiro atoms. The highest BCUT2D eigenvalue weighted by molar-refractivity contribution is 6.34. The van der Waals surface area contributed by atoms with Crippen LogP contribution in [-0.2, 0) is 0 Å². The Balaban J connectivity index is 2.35. The van der Waals surface area contributed by atoms with Gasteiger partial charge in [-0.25, -0.2) is 4.99 Å². The summed E-state index contributed by atoms with van der Waals surface area (Å²) < 4.78 is 0. The number of hydrogen-bond donors (Lipinski definition) is 0. The van der Waals surface area contributed by atoms with E-state index in [1.807, 2.05) is 26.0 Å². The standard InChI is InChI=1S/C10H10ClN3/c1-6-3-4-9(14-13-6)8-5-7(2)12-10(8)11/h3-4H,5H2,1-2H3. The molecule has 0 atom stereocenters. The van der Waals surface area contributed by atoms with Crippen molar-refractivity contribution in [1.82, 2.24) is 10.2 Å². The molecule has 1 aliphatic heterocycles. The van der Waals surface area contributed by atoms with Crippen LogP contribution in [0.15, 0.2) is 22.3 Å². The zero-order valence-corrected chi connectivity index (χ0v) is 8.84. The van der Waals surface area contributed by atoms with Gasteiger partial charge in [0.1, 0.15) is 5.16 Å². The van der Waals surface area contributed by atoms with E-state index < -0.39 is 0 Å². The van der Waals surface area contributed by atoms with Gasteiger partial charge in [-0.15, -0.1) is 0 Å². The van der Waals surface area contributed by atoms with Gasteiger partial charge in [0, 0.05) is 17.7 Å². The summed E-state index contributed by atoms with van der Waals surface area (Å²) in [5.41, 5.74) is 3.71. The zero-order chi connectivity index (χ0) is 10.1. The van der Waals surface area contributed by atoms with E-state index in [2.05, 4.69) is 15.2 Å². The molecule has 0 N–H and O–H groups in total. The number of aliphatic imine (C=N–C) groups is 1. The Kier molecular flexibility index (Phi) is 2.33. The lowest BCUT2D eigenvalue weighted by Crippen LogP contribution is -1.95. The van der Waals surface area contributed by atoms with Crippen LogP contribution in [0.25, 0.3) is 5.57 Å². The first-order valence-corrected chi connectivity index (χ1v) is 4.78. The molecular weight excluding hydrogens is 198 g/mol. The van der Waals surface area contributed by atoms with Crippen LogP contribution in [0.5, 0.6) is 0 Å². The SMILES string of the molecule is CC1=NC(Cl)=C(c2ccc(C)nn2)C1. The van der Waals surface area contributed by atoms with E-state index in [1.165, 1.54) is 0 Å². The van der Waals surface area contributed by atoms with Crippen molar-refractivity contribution in [2.45, 2.75) is 20.3 Å². The topological polar surface area (TPSA) is 38.1 Å². The molecule has 2 rings (SSSR count). The fraction of sp³-hybridized carbons (Fsp3) is 0.300. The molecule has 3 nitrogen and oxygen atoms in total. The minimum Gasteiger partial charge on any atom is -0.245 e. The highest BCUT2D eigenvalue weighted by Gasteiger charge is 2.16. The highest BCUT2D eigenvalue weighted by atomic mass is 35.5. The van der Waals surface area contributed by atoms with Crippen molar-refractivity contribution >= 4 is 22.9 Å². The summed E-state index contributed by atoms with van der Waals surface area (Å²) in [4.78, 5) is 4.16. The molecule has 0 aromatic carbocycles. The third kappa shape index (κ3) is 1.68. The van der Waals surface area contributed by atoms with Crippen molar-refractivity contribution in [2.24, 2.45) is 4.99 Å². The van der Waals surface area contributed by atoms with Crippen LogP contribution in [0.4, 0.5) is 0 Å². The molecule has 4 heteroatoms. The van der Waals surface area contributed by atoms with E-state index in [-0.39, 0.29) is 0 Å². The molecule has 1 aromatic rings. The summed E-state index contributed by atoms with van der Waals surface area (Å²) >= 11 is 5.97. The van der Waals surface area contributed by atoms with Crippen molar-refractivity contribution in [3.63, 3.8) is 0 Å². The molecule has 0 radical (unpaired) electrons. The Morgan fingerprint density at radius 1 is 1.21 bits per heavy atom. The molecule has 0 saturated carbocycles. The van der Waals surface area contributed by atoms with Crippen molar-refractivity contribution < 1.29 is 0 Å². The molecule has 2 heterocycles. The van der Waals surface area contributed by atoms with Gasteiger partial charge in [-0.1, -0.05) is 11.6 Å². The number of allylic oxidation sites excluding steroid dienone is 1. The Morgan fingerprint density at radius 3 is 2.50 bits per heavy atom. The average Bonchev–Trinajstić information content (AvgIpc) is 2.47. The number of halogens is 1. The largest absolute Gasteiger partial charge is 0.245 e. The highest BCUT2D eigenvalue weighted by Crippen LogP contribution is 2.29. The molecule has 0 fully saturated rings. The quantitative estimate of drug-likeness (QED) is 0.664. The van der Waals surface area contributed by atoms with Gasteiger partial charge in [0.05, 0.1) is 11.4 Å². The smallest absolute Gasteiger partial charge is 0.134 e. The first-order chi connectivity index (χ1) is 6.66. The van der Waals surface area contributed by atoms with Gasteiger partial charge in [0.25, 0.3) is 0 Å². The summed E-state index contributed by atoms with van der Waals surface area (Å²) in [6.07, 6.45) is 0.774. The van der Waals surface area contributed by atoms with Crippen LogP contribution in [-0.4, -0.2) is 15.9 Å². The van der Waals surface area contributed by atoms with E-state index in [0.717, 1.165) is 29.1 Å². The number of rotatable bonds is 1. The number of aryl methyl sites for hydroxylation is 1. The van der Waals surface area contributed by atoms with Crippen molar-refractivity contribution in [2.75, 3.05) is 0 Å². The maximum atomic E-state index is 5.97. The molecule has 0 bridgehead atoms. The van der Waals surface area contributed by atoms with Gasteiger partial charge in [0.15, 0.2) is 0 Å². The summed E-state index contributed by atoms with van der Waals surface area (Å²) in [6, 6.07) is 3.85. The first-order valence-electron chi connectivity index (χ1n) is 4.40. The molecule has 0 amide bonds. The van der Waals surface area contributed by atoms with Gasteiger partial charge in [-0.05, 0) is 26.0 Å². The summed E-state index contributed by atoms with van der Waals surface area (Å²) in [5.74, 6) is 0. The van der Waals surface area contributed by atoms with Gasteiger partial charge in [-0.3, -0.25) is 0 Å². The van der Waals surface area contributed by atoms with Crippen LogP contribution in [0, 0.1) is 6.92 Å². The van der Waals surface area contributed by atoms with E-state index in [4.69, 9.17) is 11.6 Å². The first kappa shape index (κ1) is 9.34. The second kappa shape index (κ2) is 3.50. The van der Waals surface area contributed by atoms with Gasteiger partial charge < -0.3 is 0 Å². The van der Waals surface area contributed by atoms with Crippen molar-refractivity contribution in [3.05, 3.63) is 28.7 Å². The van der Waals surface area contributed by atoms with Crippen LogP contribution in [0.1, 0.15) is 24.7 Å². The summed E-state index contributed by atoms with van der Waals surface area (Å²) in [5, 5.41) is 8.61. The lowest BCUT2D eigenvalue weighted by atomic mass is 10.1. The van der Waals surface area contributed by atoms with Gasteiger partial charge in [-0.2, -0.15) is 10.2 Å². The van der Waals surface area contributed by atoms with Crippen LogP contribution in [0.3, 0.4) is 0 Å². The zero-order valence-electron chi connectivity index (χ0n) is 8.08. The Bertz CT molecular complexity index is 417. The minimum absolute atomic E-state index is 0.542. The third-order valence-electron chi connectivity index (χ3n) is 2.08. The van der Waals surface area contributed by atoms with E-state index >= 15 is 0 Å². The van der Waals surface area contributed by atoms with Crippen LogP contribution in [0.2, 0.25) is 0 Å². The second-order valence-electron chi connectivity index (χ2n) is 3.35. The molecule has 14 heavy (non-hydrogen) atoms. The predicted octanol–water partition coefficient (Wildman–Crippen LogP) is 2.56. The Labute approximate surface area is 87.5 Å². The molecule has 1 aliphatic rings. The molecular formula is C10H10ClN3. The monoisotopic (exact) mass is 207 g/mol. The molecule has 72 valence electrons. The van der Waals surface area contributed by atoms with E-state index in [0.29, 0.717) is 5.16 Å². The second-order valence-corrected chi connectivity index (χ2v) is 3.71.